The zero-order valence-corrected chi connectivity index (χ0v) is 17.6. The molecular formula is C23H23N3O5. The van der Waals surface area contributed by atoms with Gasteiger partial charge in [-0.2, -0.15) is 5.10 Å². The minimum Gasteiger partial charge on any atom is -0.494 e. The van der Waals surface area contributed by atoms with Crippen molar-refractivity contribution >= 4 is 34.9 Å². The molecule has 0 unspecified atom stereocenters. The number of benzene rings is 2. The lowest BCUT2D eigenvalue weighted by atomic mass is 9.97. The Morgan fingerprint density at radius 2 is 1.58 bits per heavy atom. The Morgan fingerprint density at radius 1 is 0.935 bits per heavy atom. The largest absolute Gasteiger partial charge is 0.494 e. The van der Waals surface area contributed by atoms with Crippen LogP contribution >= 0.6 is 0 Å². The predicted molar refractivity (Wildman–Crippen MR) is 115 cm³/mol. The van der Waals surface area contributed by atoms with Crippen molar-refractivity contribution in [3.05, 3.63) is 54.1 Å². The molecule has 2 heterocycles. The first-order valence-corrected chi connectivity index (χ1v) is 10.2. The van der Waals surface area contributed by atoms with Crippen molar-refractivity contribution in [3.8, 4) is 5.75 Å². The Morgan fingerprint density at radius 3 is 2.19 bits per heavy atom. The van der Waals surface area contributed by atoms with Gasteiger partial charge in [-0.3, -0.25) is 14.6 Å². The van der Waals surface area contributed by atoms with Gasteiger partial charge in [0.25, 0.3) is 5.91 Å². The fourth-order valence-corrected chi connectivity index (χ4v) is 3.81. The number of fused-ring (bicyclic) bond motifs is 1. The first kappa shape index (κ1) is 20.6. The lowest BCUT2D eigenvalue weighted by Gasteiger charge is -2.22. The number of anilines is 2. The average molecular weight is 421 g/mol. The van der Waals surface area contributed by atoms with Crippen LogP contribution < -0.4 is 14.6 Å². The lowest BCUT2D eigenvalue weighted by Crippen LogP contribution is -2.39. The van der Waals surface area contributed by atoms with E-state index in [0.717, 1.165) is 10.5 Å². The first-order valence-electron chi connectivity index (χ1n) is 10.2. The molecule has 0 N–H and O–H groups in total. The van der Waals surface area contributed by atoms with Gasteiger partial charge in [0.1, 0.15) is 17.7 Å². The summed E-state index contributed by atoms with van der Waals surface area (Å²) in [5, 5.41) is 5.80. The van der Waals surface area contributed by atoms with Gasteiger partial charge >= 0.3 is 5.97 Å². The van der Waals surface area contributed by atoms with E-state index in [1.807, 2.05) is 26.0 Å². The molecule has 8 nitrogen and oxygen atoms in total. The molecule has 1 fully saturated rings. The Labute approximate surface area is 180 Å². The smallest absolute Gasteiger partial charge is 0.355 e. The number of aryl methyl sites for hydroxylation is 1. The highest BCUT2D eigenvalue weighted by molar-refractivity contribution is 6.47. The van der Waals surface area contributed by atoms with E-state index in [0.29, 0.717) is 23.7 Å². The molecule has 2 aliphatic heterocycles. The summed E-state index contributed by atoms with van der Waals surface area (Å²) in [5.74, 6) is -2.02. The van der Waals surface area contributed by atoms with Crippen LogP contribution in [-0.2, 0) is 19.1 Å². The van der Waals surface area contributed by atoms with E-state index in [1.54, 1.807) is 43.3 Å². The van der Waals surface area contributed by atoms with Crippen LogP contribution in [-0.4, -0.2) is 42.8 Å². The van der Waals surface area contributed by atoms with Crippen molar-refractivity contribution in [2.45, 2.75) is 26.8 Å². The molecular weight excluding hydrogens is 398 g/mol. The third kappa shape index (κ3) is 3.54. The third-order valence-corrected chi connectivity index (χ3v) is 5.24. The molecule has 160 valence electrons. The molecule has 2 amide bonds. The molecule has 31 heavy (non-hydrogen) atoms. The molecule has 2 atom stereocenters. The number of amides is 2. The molecule has 2 aromatic rings. The molecule has 8 heteroatoms. The Bertz CT molecular complexity index is 1050. The summed E-state index contributed by atoms with van der Waals surface area (Å²) >= 11 is 0. The third-order valence-electron chi connectivity index (χ3n) is 5.24. The highest BCUT2D eigenvalue weighted by Gasteiger charge is 2.59. The van der Waals surface area contributed by atoms with Gasteiger partial charge in [-0.15, -0.1) is 0 Å². The number of hydrogen-bond acceptors (Lipinski definition) is 7. The average Bonchev–Trinajstić information content (AvgIpc) is 3.27. The summed E-state index contributed by atoms with van der Waals surface area (Å²) in [6.45, 7) is 6.15. The molecule has 0 bridgehead atoms. The van der Waals surface area contributed by atoms with Gasteiger partial charge < -0.3 is 9.47 Å². The lowest BCUT2D eigenvalue weighted by molar-refractivity contribution is -0.136. The van der Waals surface area contributed by atoms with Gasteiger partial charge in [0.05, 0.1) is 24.6 Å². The molecule has 0 radical (unpaired) electrons. The minimum atomic E-state index is -1.03. The second-order valence-corrected chi connectivity index (χ2v) is 7.25. The highest BCUT2D eigenvalue weighted by atomic mass is 16.5. The van der Waals surface area contributed by atoms with E-state index in [4.69, 9.17) is 9.47 Å². The highest BCUT2D eigenvalue weighted by Crippen LogP contribution is 2.38. The predicted octanol–water partition coefficient (Wildman–Crippen LogP) is 2.69. The zero-order valence-electron chi connectivity index (χ0n) is 17.6. The Kier molecular flexibility index (Phi) is 5.46. The number of imide groups is 1. The van der Waals surface area contributed by atoms with Crippen LogP contribution in [0.3, 0.4) is 0 Å². The molecule has 1 saturated heterocycles. The maximum Gasteiger partial charge on any atom is 0.355 e. The van der Waals surface area contributed by atoms with E-state index in [1.165, 1.54) is 5.01 Å². The van der Waals surface area contributed by atoms with Crippen LogP contribution in [0.25, 0.3) is 0 Å². The molecule has 0 saturated carbocycles. The maximum atomic E-state index is 13.4. The van der Waals surface area contributed by atoms with E-state index >= 15 is 0 Å². The van der Waals surface area contributed by atoms with E-state index in [2.05, 4.69) is 5.10 Å². The fourth-order valence-electron chi connectivity index (χ4n) is 3.81. The van der Waals surface area contributed by atoms with Crippen LogP contribution in [0, 0.1) is 12.8 Å². The topological polar surface area (TPSA) is 88.5 Å². The second kappa shape index (κ2) is 8.22. The first-order chi connectivity index (χ1) is 15.0. The number of carbonyl (C=O) groups excluding carboxylic acids is 3. The van der Waals surface area contributed by atoms with E-state index in [9.17, 15) is 14.4 Å². The normalized spacial score (nSPS) is 20.0. The number of rotatable bonds is 6. The van der Waals surface area contributed by atoms with Crippen LogP contribution in [0.5, 0.6) is 5.75 Å². The van der Waals surface area contributed by atoms with Crippen molar-refractivity contribution < 1.29 is 23.9 Å². The standard InChI is InChI=1S/C23H23N3O5/c1-4-30-17-12-10-15(11-13-17)25-21(27)18-19(23(29)31-5-2)24-26(20(18)22(25)28)16-8-6-14(3)7-9-16/h6-13,18,20H,4-5H2,1-3H3/t18-,20+/m1/s1. The maximum absolute atomic E-state index is 13.4. The number of nitrogens with zero attached hydrogens (tertiary/aromatic N) is 3. The Balaban J connectivity index is 1.73. The molecule has 2 aliphatic rings. The van der Waals surface area contributed by atoms with Gasteiger partial charge in [-0.1, -0.05) is 17.7 Å². The second-order valence-electron chi connectivity index (χ2n) is 7.25. The van der Waals surface area contributed by atoms with Crippen LogP contribution in [0.2, 0.25) is 0 Å². The van der Waals surface area contributed by atoms with Gasteiger partial charge in [0.15, 0.2) is 5.71 Å². The van der Waals surface area contributed by atoms with Gasteiger partial charge in [-0.05, 0) is 57.2 Å². The summed E-state index contributed by atoms with van der Waals surface area (Å²) in [6, 6.07) is 13.1. The summed E-state index contributed by atoms with van der Waals surface area (Å²) in [6.07, 6.45) is 0. The van der Waals surface area contributed by atoms with Crippen molar-refractivity contribution in [3.63, 3.8) is 0 Å². The number of carbonyl (C=O) groups is 3. The molecule has 4 rings (SSSR count). The molecule has 0 aromatic heterocycles. The van der Waals surface area contributed by atoms with Crippen LogP contribution in [0.15, 0.2) is 53.6 Å². The monoisotopic (exact) mass is 421 g/mol. The zero-order chi connectivity index (χ0) is 22.1. The van der Waals surface area contributed by atoms with Crippen molar-refractivity contribution in [1.29, 1.82) is 0 Å². The molecule has 0 spiro atoms. The van der Waals surface area contributed by atoms with Gasteiger partial charge in [0.2, 0.25) is 5.91 Å². The Hall–Kier alpha value is -3.68. The van der Waals surface area contributed by atoms with Crippen LogP contribution in [0.1, 0.15) is 19.4 Å². The number of ether oxygens (including phenoxy) is 2. The van der Waals surface area contributed by atoms with Crippen molar-refractivity contribution in [1.82, 2.24) is 0 Å². The van der Waals surface area contributed by atoms with Crippen LogP contribution in [0.4, 0.5) is 11.4 Å². The SMILES string of the molecule is CCOC(=O)C1=NN(c2ccc(C)cc2)[C@@H]2C(=O)N(c3ccc(OCC)cc3)C(=O)[C@H]12. The number of esters is 1. The van der Waals surface area contributed by atoms with Gasteiger partial charge in [-0.25, -0.2) is 9.69 Å². The van der Waals surface area contributed by atoms with Gasteiger partial charge in [0, 0.05) is 0 Å². The quantitative estimate of drug-likeness (QED) is 0.526. The fraction of sp³-hybridized carbons (Fsp3) is 0.304. The van der Waals surface area contributed by atoms with E-state index < -0.39 is 29.7 Å². The molecule has 2 aromatic carbocycles. The van der Waals surface area contributed by atoms with E-state index in [-0.39, 0.29) is 12.3 Å². The summed E-state index contributed by atoms with van der Waals surface area (Å²) < 4.78 is 10.5. The molecule has 0 aliphatic carbocycles. The summed E-state index contributed by atoms with van der Waals surface area (Å²) in [5.41, 5.74) is 2.02. The number of hydrogen-bond donors (Lipinski definition) is 0. The van der Waals surface area contributed by atoms with Crippen molar-refractivity contribution in [2.75, 3.05) is 23.1 Å². The minimum absolute atomic E-state index is 0.0563. The van der Waals surface area contributed by atoms with Crippen molar-refractivity contribution in [2.24, 2.45) is 11.0 Å². The summed E-state index contributed by atoms with van der Waals surface area (Å²) in [7, 11) is 0. The number of hydrazone groups is 1. The summed E-state index contributed by atoms with van der Waals surface area (Å²) in [4.78, 5) is 40.4.